The molecule has 162 valence electrons. The van der Waals surface area contributed by atoms with Gasteiger partial charge in [0, 0.05) is 25.3 Å². The van der Waals surface area contributed by atoms with Crippen LogP contribution in [0.4, 0.5) is 18.9 Å². The third-order valence-corrected chi connectivity index (χ3v) is 8.41. The number of aliphatic hydroxyl groups is 1. The van der Waals surface area contributed by atoms with Gasteiger partial charge in [-0.3, -0.25) is 0 Å². The van der Waals surface area contributed by atoms with E-state index < -0.39 is 27.8 Å². The zero-order valence-electron chi connectivity index (χ0n) is 16.0. The lowest BCUT2D eigenvalue weighted by atomic mass is 9.95. The van der Waals surface area contributed by atoms with E-state index in [4.69, 9.17) is 0 Å². The average Bonchev–Trinajstić information content (AvgIpc) is 3.23. The molecule has 1 aliphatic rings. The number of hydrogen-bond acceptors (Lipinski definition) is 6. The van der Waals surface area contributed by atoms with Crippen LogP contribution in [0.3, 0.4) is 0 Å². The summed E-state index contributed by atoms with van der Waals surface area (Å²) >= 11 is 1.12. The van der Waals surface area contributed by atoms with Crippen LogP contribution in [0.15, 0.2) is 46.0 Å². The Hall–Kier alpha value is -2.13. The Bertz CT molecular complexity index is 1010. The maximum absolute atomic E-state index is 13.1. The van der Waals surface area contributed by atoms with Crippen molar-refractivity contribution in [1.29, 1.82) is 5.26 Å². The first-order valence-electron chi connectivity index (χ1n) is 9.05. The molecule has 0 bridgehead atoms. The third-order valence-electron chi connectivity index (χ3n) is 5.17. The van der Waals surface area contributed by atoms with Crippen LogP contribution < -0.4 is 4.90 Å². The van der Waals surface area contributed by atoms with Gasteiger partial charge >= 0.3 is 6.18 Å². The summed E-state index contributed by atoms with van der Waals surface area (Å²) in [5, 5.41) is 20.7. The monoisotopic (exact) mass is 459 g/mol. The molecule has 1 N–H and O–H groups in total. The second-order valence-electron chi connectivity index (χ2n) is 7.12. The normalized spacial score (nSPS) is 20.5. The molecule has 6 nitrogen and oxygen atoms in total. The predicted octanol–water partition coefficient (Wildman–Crippen LogP) is 3.31. The van der Waals surface area contributed by atoms with Gasteiger partial charge < -0.3 is 10.0 Å². The summed E-state index contributed by atoms with van der Waals surface area (Å²) in [7, 11) is -3.66. The Morgan fingerprint density at radius 2 is 1.90 bits per heavy atom. The molecule has 1 aromatic carbocycles. The highest BCUT2D eigenvalue weighted by atomic mass is 32.2. The van der Waals surface area contributed by atoms with E-state index in [2.05, 4.69) is 6.07 Å². The third kappa shape index (κ3) is 4.18. The lowest BCUT2D eigenvalue weighted by Gasteiger charge is -2.41. The van der Waals surface area contributed by atoms with Crippen molar-refractivity contribution in [2.45, 2.75) is 35.4 Å². The fraction of sp³-hybridized carbons (Fsp3) is 0.421. The van der Waals surface area contributed by atoms with Crippen molar-refractivity contribution >= 4 is 27.0 Å². The summed E-state index contributed by atoms with van der Waals surface area (Å²) < 4.78 is 66.3. The Balaban J connectivity index is 1.83. The fourth-order valence-corrected chi connectivity index (χ4v) is 5.96. The lowest BCUT2D eigenvalue weighted by molar-refractivity contribution is -0.258. The molecule has 0 amide bonds. The first-order valence-corrected chi connectivity index (χ1v) is 11.4. The number of rotatable bonds is 5. The number of halogens is 3. The number of thiophene rings is 1. The largest absolute Gasteiger partial charge is 0.421 e. The van der Waals surface area contributed by atoms with Crippen LogP contribution in [-0.2, 0) is 15.6 Å². The molecule has 1 saturated heterocycles. The first-order chi connectivity index (χ1) is 14.0. The van der Waals surface area contributed by atoms with Crippen LogP contribution in [0, 0.1) is 11.3 Å². The second kappa shape index (κ2) is 8.19. The highest BCUT2D eigenvalue weighted by molar-refractivity contribution is 7.91. The van der Waals surface area contributed by atoms with Gasteiger partial charge in [-0.1, -0.05) is 18.2 Å². The molecule has 0 radical (unpaired) electrons. The molecule has 1 aliphatic heterocycles. The molecule has 2 aromatic rings. The summed E-state index contributed by atoms with van der Waals surface area (Å²) in [6.07, 6.45) is -4.77. The maximum atomic E-state index is 13.1. The number of benzene rings is 1. The SMILES string of the molecule is CC(O)(c1ccc(N2CCN(S(=O)(=O)c3cccs3)C[C@@H]2CC#N)cc1)C(F)(F)F. The van der Waals surface area contributed by atoms with Crippen LogP contribution in [0.1, 0.15) is 18.9 Å². The molecule has 0 aliphatic carbocycles. The first kappa shape index (κ1) is 22.6. The minimum atomic E-state index is -4.82. The number of anilines is 1. The number of nitriles is 1. The Kier molecular flexibility index (Phi) is 6.15. The van der Waals surface area contributed by atoms with Gasteiger partial charge in [0.15, 0.2) is 5.60 Å². The molecule has 0 spiro atoms. The van der Waals surface area contributed by atoms with Crippen molar-refractivity contribution in [2.24, 2.45) is 0 Å². The molecule has 3 rings (SSSR count). The number of hydrogen-bond donors (Lipinski definition) is 1. The van der Waals surface area contributed by atoms with Crippen LogP contribution in [0.2, 0.25) is 0 Å². The second-order valence-corrected chi connectivity index (χ2v) is 10.2. The van der Waals surface area contributed by atoms with Crippen LogP contribution >= 0.6 is 11.3 Å². The minimum absolute atomic E-state index is 0.0540. The van der Waals surface area contributed by atoms with Gasteiger partial charge in [-0.2, -0.15) is 22.7 Å². The molecule has 0 saturated carbocycles. The van der Waals surface area contributed by atoms with E-state index in [1.807, 2.05) is 4.90 Å². The van der Waals surface area contributed by atoms with E-state index in [0.29, 0.717) is 12.6 Å². The molecule has 2 atom stereocenters. The molecule has 2 heterocycles. The Morgan fingerprint density at radius 3 is 2.43 bits per heavy atom. The van der Waals surface area contributed by atoms with E-state index in [9.17, 15) is 32.0 Å². The van der Waals surface area contributed by atoms with E-state index in [-0.39, 0.29) is 35.8 Å². The quantitative estimate of drug-likeness (QED) is 0.742. The van der Waals surface area contributed by atoms with Gasteiger partial charge in [0.05, 0.1) is 18.5 Å². The van der Waals surface area contributed by atoms with Crippen molar-refractivity contribution in [3.63, 3.8) is 0 Å². The van der Waals surface area contributed by atoms with E-state index in [1.165, 1.54) is 34.6 Å². The topological polar surface area (TPSA) is 84.6 Å². The van der Waals surface area contributed by atoms with Crippen molar-refractivity contribution in [3.05, 3.63) is 47.3 Å². The van der Waals surface area contributed by atoms with Gasteiger partial charge in [-0.25, -0.2) is 8.42 Å². The summed E-state index contributed by atoms with van der Waals surface area (Å²) in [6.45, 7) is 1.25. The summed E-state index contributed by atoms with van der Waals surface area (Å²) in [6, 6.07) is 10.1. The molecule has 11 heteroatoms. The minimum Gasteiger partial charge on any atom is -0.376 e. The smallest absolute Gasteiger partial charge is 0.376 e. The number of alkyl halides is 3. The average molecular weight is 460 g/mol. The molecular formula is C19H20F3N3O3S2. The van der Waals surface area contributed by atoms with Gasteiger partial charge in [0.2, 0.25) is 0 Å². The van der Waals surface area contributed by atoms with Gasteiger partial charge in [0.1, 0.15) is 4.21 Å². The summed E-state index contributed by atoms with van der Waals surface area (Å²) in [5.41, 5.74) is -2.72. The van der Waals surface area contributed by atoms with Crippen LogP contribution in [0.5, 0.6) is 0 Å². The van der Waals surface area contributed by atoms with Crippen molar-refractivity contribution in [1.82, 2.24) is 4.31 Å². The lowest BCUT2D eigenvalue weighted by Crippen LogP contribution is -2.54. The van der Waals surface area contributed by atoms with Crippen molar-refractivity contribution < 1.29 is 26.7 Å². The van der Waals surface area contributed by atoms with Gasteiger partial charge in [-0.15, -0.1) is 11.3 Å². The molecule has 1 aromatic heterocycles. The van der Waals surface area contributed by atoms with Crippen LogP contribution in [-0.4, -0.2) is 49.7 Å². The van der Waals surface area contributed by atoms with Crippen molar-refractivity contribution in [2.75, 3.05) is 24.5 Å². The molecule has 1 unspecified atom stereocenters. The Morgan fingerprint density at radius 1 is 1.23 bits per heavy atom. The summed E-state index contributed by atoms with van der Waals surface area (Å²) in [5.74, 6) is 0. The fourth-order valence-electron chi connectivity index (χ4n) is 3.34. The number of nitrogens with zero attached hydrogens (tertiary/aromatic N) is 3. The predicted molar refractivity (Wildman–Crippen MR) is 107 cm³/mol. The van der Waals surface area contributed by atoms with Crippen molar-refractivity contribution in [3.8, 4) is 6.07 Å². The van der Waals surface area contributed by atoms with E-state index >= 15 is 0 Å². The summed E-state index contributed by atoms with van der Waals surface area (Å²) in [4.78, 5) is 1.82. The highest BCUT2D eigenvalue weighted by Gasteiger charge is 2.51. The molecule has 30 heavy (non-hydrogen) atoms. The van der Waals surface area contributed by atoms with Gasteiger partial charge in [0.25, 0.3) is 10.0 Å². The number of sulfonamides is 1. The van der Waals surface area contributed by atoms with Crippen LogP contribution in [0.25, 0.3) is 0 Å². The number of piperazine rings is 1. The zero-order valence-corrected chi connectivity index (χ0v) is 17.6. The standard InChI is InChI=1S/C19H20F3N3O3S2/c1-18(26,19(20,21)22)14-4-6-15(7-5-14)25-11-10-24(13-16(25)8-9-23)30(27,28)17-3-2-12-29-17/h2-7,12,16,26H,8,10-11,13H2,1H3/t16-,18?/m0/s1. The molecule has 1 fully saturated rings. The zero-order chi connectivity index (χ0) is 22.2. The van der Waals surface area contributed by atoms with E-state index in [1.54, 1.807) is 11.4 Å². The van der Waals surface area contributed by atoms with Gasteiger partial charge in [-0.05, 0) is 36.1 Å². The van der Waals surface area contributed by atoms with E-state index in [0.717, 1.165) is 11.3 Å². The Labute approximate surface area is 176 Å². The maximum Gasteiger partial charge on any atom is 0.421 e. The highest BCUT2D eigenvalue weighted by Crippen LogP contribution is 2.39. The molecular weight excluding hydrogens is 439 g/mol.